The molecule has 2 saturated carbocycles. The van der Waals surface area contributed by atoms with E-state index in [1.165, 1.54) is 0 Å². The van der Waals surface area contributed by atoms with Crippen molar-refractivity contribution in [3.63, 3.8) is 0 Å². The Balaban J connectivity index is 0.00000225. The third-order valence-corrected chi connectivity index (χ3v) is 5.49. The SMILES string of the molecule is CCOc1ccc(Br)cc1CN(C(=O)C1CCCC(N)C1)C1CC1.Cl. The standard InChI is InChI=1S/C19H27BrN2O2.ClH/c1-2-24-18-9-6-15(20)10-14(18)12-22(17-7-8-17)19(23)13-4-3-5-16(21)11-13;/h6,9-10,13,16-17H,2-5,7-8,11-12,21H2,1H3;1H. The number of ether oxygens (including phenoxy) is 1. The van der Waals surface area contributed by atoms with Crippen molar-refractivity contribution in [2.75, 3.05) is 6.61 Å². The zero-order valence-corrected chi connectivity index (χ0v) is 17.2. The van der Waals surface area contributed by atoms with Gasteiger partial charge in [-0.15, -0.1) is 12.4 Å². The van der Waals surface area contributed by atoms with Gasteiger partial charge in [0.25, 0.3) is 0 Å². The first-order chi connectivity index (χ1) is 11.6. The summed E-state index contributed by atoms with van der Waals surface area (Å²) in [6.45, 7) is 3.24. The summed E-state index contributed by atoms with van der Waals surface area (Å²) in [4.78, 5) is 15.2. The Kier molecular flexibility index (Phi) is 7.59. The van der Waals surface area contributed by atoms with Crippen LogP contribution in [0.25, 0.3) is 0 Å². The summed E-state index contributed by atoms with van der Waals surface area (Å²) >= 11 is 3.54. The van der Waals surface area contributed by atoms with Crippen molar-refractivity contribution >= 4 is 34.2 Å². The van der Waals surface area contributed by atoms with Crippen LogP contribution in [0.3, 0.4) is 0 Å². The maximum Gasteiger partial charge on any atom is 0.226 e. The molecule has 0 aliphatic heterocycles. The van der Waals surface area contributed by atoms with Crippen molar-refractivity contribution < 1.29 is 9.53 Å². The van der Waals surface area contributed by atoms with Crippen molar-refractivity contribution in [2.24, 2.45) is 11.7 Å². The molecule has 0 aromatic heterocycles. The minimum absolute atomic E-state index is 0. The van der Waals surface area contributed by atoms with Crippen molar-refractivity contribution in [3.8, 4) is 5.75 Å². The van der Waals surface area contributed by atoms with Gasteiger partial charge in [0.15, 0.2) is 0 Å². The molecule has 3 rings (SSSR count). The average Bonchev–Trinajstić information content (AvgIpc) is 3.39. The Bertz CT molecular complexity index is 595. The van der Waals surface area contributed by atoms with Crippen LogP contribution in [0.15, 0.2) is 22.7 Å². The highest BCUT2D eigenvalue weighted by atomic mass is 79.9. The van der Waals surface area contributed by atoms with Crippen molar-refractivity contribution in [2.45, 2.75) is 64.1 Å². The molecule has 2 unspecified atom stereocenters. The van der Waals surface area contributed by atoms with Gasteiger partial charge < -0.3 is 15.4 Å². The molecular formula is C19H28BrClN2O2. The number of benzene rings is 1. The summed E-state index contributed by atoms with van der Waals surface area (Å²) in [5, 5.41) is 0. The largest absolute Gasteiger partial charge is 0.494 e. The molecule has 25 heavy (non-hydrogen) atoms. The minimum Gasteiger partial charge on any atom is -0.494 e. The van der Waals surface area contributed by atoms with E-state index >= 15 is 0 Å². The van der Waals surface area contributed by atoms with Gasteiger partial charge in [0.2, 0.25) is 5.91 Å². The number of carbonyl (C=O) groups is 1. The van der Waals surface area contributed by atoms with E-state index in [-0.39, 0.29) is 30.3 Å². The maximum absolute atomic E-state index is 13.1. The Hall–Kier alpha value is -0.780. The molecule has 6 heteroatoms. The smallest absolute Gasteiger partial charge is 0.226 e. The first-order valence-corrected chi connectivity index (χ1v) is 9.85. The molecule has 140 valence electrons. The summed E-state index contributed by atoms with van der Waals surface area (Å²) in [5.74, 6) is 1.26. The number of hydrogen-bond acceptors (Lipinski definition) is 3. The second-order valence-corrected chi connectivity index (χ2v) is 7.92. The van der Waals surface area contributed by atoms with Crippen LogP contribution in [-0.2, 0) is 11.3 Å². The number of rotatable bonds is 6. The predicted octanol–water partition coefficient (Wildman–Crippen LogP) is 4.28. The van der Waals surface area contributed by atoms with E-state index in [9.17, 15) is 4.79 Å². The lowest BCUT2D eigenvalue weighted by Crippen LogP contribution is -2.41. The summed E-state index contributed by atoms with van der Waals surface area (Å²) in [7, 11) is 0. The molecule has 2 aliphatic rings. The van der Waals surface area contributed by atoms with Crippen molar-refractivity contribution in [1.82, 2.24) is 4.90 Å². The van der Waals surface area contributed by atoms with E-state index in [2.05, 4.69) is 26.9 Å². The molecule has 4 nitrogen and oxygen atoms in total. The van der Waals surface area contributed by atoms with Gasteiger partial charge in [0.05, 0.1) is 6.61 Å². The van der Waals surface area contributed by atoms with E-state index in [1.54, 1.807) is 0 Å². The number of nitrogens with two attached hydrogens (primary N) is 1. The highest BCUT2D eigenvalue weighted by Gasteiger charge is 2.37. The van der Waals surface area contributed by atoms with E-state index in [0.29, 0.717) is 19.2 Å². The summed E-state index contributed by atoms with van der Waals surface area (Å²) in [6.07, 6.45) is 6.15. The Morgan fingerprint density at radius 1 is 1.32 bits per heavy atom. The van der Waals surface area contributed by atoms with Crippen LogP contribution in [0, 0.1) is 5.92 Å². The van der Waals surface area contributed by atoms with Crippen LogP contribution >= 0.6 is 28.3 Å². The summed E-state index contributed by atoms with van der Waals surface area (Å²) < 4.78 is 6.77. The molecule has 0 bridgehead atoms. The normalized spacial score (nSPS) is 22.8. The van der Waals surface area contributed by atoms with E-state index in [0.717, 1.165) is 54.3 Å². The van der Waals surface area contributed by atoms with Gasteiger partial charge in [-0.1, -0.05) is 22.4 Å². The Morgan fingerprint density at radius 3 is 2.72 bits per heavy atom. The third kappa shape index (κ3) is 5.35. The topological polar surface area (TPSA) is 55.6 Å². The molecule has 1 aromatic carbocycles. The molecule has 1 amide bonds. The van der Waals surface area contributed by atoms with Gasteiger partial charge in [-0.05, 0) is 57.2 Å². The van der Waals surface area contributed by atoms with E-state index < -0.39 is 0 Å². The highest BCUT2D eigenvalue weighted by molar-refractivity contribution is 9.10. The molecule has 0 saturated heterocycles. The zero-order valence-electron chi connectivity index (χ0n) is 14.7. The molecule has 2 aliphatic carbocycles. The summed E-state index contributed by atoms with van der Waals surface area (Å²) in [5.41, 5.74) is 7.17. The fourth-order valence-electron chi connectivity index (χ4n) is 3.61. The van der Waals surface area contributed by atoms with Gasteiger partial charge in [0.1, 0.15) is 5.75 Å². The fourth-order valence-corrected chi connectivity index (χ4v) is 4.02. The number of halogens is 2. The van der Waals surface area contributed by atoms with Crippen LogP contribution in [0.4, 0.5) is 0 Å². The maximum atomic E-state index is 13.1. The Labute approximate surface area is 165 Å². The highest BCUT2D eigenvalue weighted by Crippen LogP contribution is 2.35. The van der Waals surface area contributed by atoms with Gasteiger partial charge in [0, 0.05) is 34.6 Å². The molecule has 0 heterocycles. The number of nitrogens with zero attached hydrogens (tertiary/aromatic N) is 1. The van der Waals surface area contributed by atoms with Crippen LogP contribution in [0.1, 0.15) is 51.0 Å². The summed E-state index contributed by atoms with van der Waals surface area (Å²) in [6, 6.07) is 6.61. The first-order valence-electron chi connectivity index (χ1n) is 9.05. The number of amides is 1. The monoisotopic (exact) mass is 430 g/mol. The minimum atomic E-state index is 0. The lowest BCUT2D eigenvalue weighted by Gasteiger charge is -2.32. The third-order valence-electron chi connectivity index (χ3n) is 5.00. The Morgan fingerprint density at radius 2 is 2.08 bits per heavy atom. The van der Waals surface area contributed by atoms with E-state index in [4.69, 9.17) is 10.5 Å². The zero-order chi connectivity index (χ0) is 17.1. The quantitative estimate of drug-likeness (QED) is 0.731. The van der Waals surface area contributed by atoms with Crippen LogP contribution in [0.5, 0.6) is 5.75 Å². The van der Waals surface area contributed by atoms with Crippen LogP contribution in [0.2, 0.25) is 0 Å². The molecular weight excluding hydrogens is 404 g/mol. The molecule has 1 aromatic rings. The van der Waals surface area contributed by atoms with Crippen LogP contribution < -0.4 is 10.5 Å². The molecule has 0 radical (unpaired) electrons. The van der Waals surface area contributed by atoms with Gasteiger partial charge in [-0.25, -0.2) is 0 Å². The average molecular weight is 432 g/mol. The molecule has 2 atom stereocenters. The molecule has 0 spiro atoms. The lowest BCUT2D eigenvalue weighted by molar-refractivity contribution is -0.138. The van der Waals surface area contributed by atoms with Gasteiger partial charge in [-0.3, -0.25) is 4.79 Å². The number of carbonyl (C=O) groups excluding carboxylic acids is 1. The fraction of sp³-hybridized carbons (Fsp3) is 0.632. The second-order valence-electron chi connectivity index (χ2n) is 7.01. The van der Waals surface area contributed by atoms with Crippen molar-refractivity contribution in [1.29, 1.82) is 0 Å². The predicted molar refractivity (Wildman–Crippen MR) is 106 cm³/mol. The first kappa shape index (κ1) is 20.5. The van der Waals surface area contributed by atoms with E-state index in [1.807, 2.05) is 19.1 Å². The van der Waals surface area contributed by atoms with Crippen molar-refractivity contribution in [3.05, 3.63) is 28.2 Å². The molecule has 2 fully saturated rings. The van der Waals surface area contributed by atoms with Gasteiger partial charge in [-0.2, -0.15) is 0 Å². The number of hydrogen-bond donors (Lipinski definition) is 1. The lowest BCUT2D eigenvalue weighted by atomic mass is 9.85. The second kappa shape index (κ2) is 9.24. The molecule has 2 N–H and O–H groups in total. The van der Waals surface area contributed by atoms with Gasteiger partial charge >= 0.3 is 0 Å². The van der Waals surface area contributed by atoms with Crippen LogP contribution in [-0.4, -0.2) is 29.5 Å².